The highest BCUT2D eigenvalue weighted by molar-refractivity contribution is 6.09. The molecular formula is C14H17N3O2. The van der Waals surface area contributed by atoms with Crippen LogP contribution in [0, 0.1) is 6.92 Å². The second kappa shape index (κ2) is 5.22. The first kappa shape index (κ1) is 13.3. The Kier molecular flexibility index (Phi) is 3.64. The third kappa shape index (κ3) is 2.81. The van der Waals surface area contributed by atoms with Crippen molar-refractivity contribution in [1.29, 1.82) is 0 Å². The van der Waals surface area contributed by atoms with Crippen molar-refractivity contribution in [1.82, 2.24) is 14.8 Å². The van der Waals surface area contributed by atoms with Crippen molar-refractivity contribution in [2.24, 2.45) is 7.05 Å². The SMILES string of the molecule is Cc1c(C(=O)c2cncc(OC(C)C)c2)cnn1C. The zero-order valence-corrected chi connectivity index (χ0v) is 11.5. The molecule has 0 radical (unpaired) electrons. The third-order valence-corrected chi connectivity index (χ3v) is 2.83. The number of hydrogen-bond donors (Lipinski definition) is 0. The van der Waals surface area contributed by atoms with Gasteiger partial charge in [0.25, 0.3) is 0 Å². The Morgan fingerprint density at radius 3 is 2.63 bits per heavy atom. The molecule has 0 aromatic carbocycles. The first-order valence-electron chi connectivity index (χ1n) is 6.14. The molecule has 0 aliphatic rings. The van der Waals surface area contributed by atoms with Crippen LogP contribution in [0.4, 0.5) is 0 Å². The number of aryl methyl sites for hydroxylation is 1. The minimum atomic E-state index is -0.0905. The molecule has 0 fully saturated rings. The first-order chi connectivity index (χ1) is 8.99. The number of carbonyl (C=O) groups excluding carboxylic acids is 1. The predicted octanol–water partition coefficient (Wildman–Crippen LogP) is 2.14. The molecule has 0 aliphatic carbocycles. The van der Waals surface area contributed by atoms with E-state index in [0.717, 1.165) is 5.69 Å². The van der Waals surface area contributed by atoms with Crippen LogP contribution in [0.2, 0.25) is 0 Å². The Labute approximate surface area is 112 Å². The van der Waals surface area contributed by atoms with Gasteiger partial charge in [0.2, 0.25) is 0 Å². The van der Waals surface area contributed by atoms with Crippen molar-refractivity contribution in [2.45, 2.75) is 26.9 Å². The Hall–Kier alpha value is -2.17. The van der Waals surface area contributed by atoms with Gasteiger partial charge in [0.15, 0.2) is 5.78 Å². The molecule has 2 aromatic rings. The number of rotatable bonds is 4. The highest BCUT2D eigenvalue weighted by atomic mass is 16.5. The molecule has 5 heteroatoms. The maximum Gasteiger partial charge on any atom is 0.198 e. The van der Waals surface area contributed by atoms with Crippen LogP contribution in [0.25, 0.3) is 0 Å². The van der Waals surface area contributed by atoms with E-state index < -0.39 is 0 Å². The van der Waals surface area contributed by atoms with Crippen molar-refractivity contribution in [2.75, 3.05) is 0 Å². The molecule has 0 amide bonds. The average Bonchev–Trinajstić information content (AvgIpc) is 2.69. The summed E-state index contributed by atoms with van der Waals surface area (Å²) in [5.74, 6) is 0.509. The van der Waals surface area contributed by atoms with Crippen molar-refractivity contribution in [3.8, 4) is 5.75 Å². The van der Waals surface area contributed by atoms with E-state index in [-0.39, 0.29) is 11.9 Å². The number of pyridine rings is 1. The standard InChI is InChI=1S/C14H17N3O2/c1-9(2)19-12-5-11(6-15-7-12)14(18)13-8-16-17(4)10(13)3/h5-9H,1-4H3. The van der Waals surface area contributed by atoms with Gasteiger partial charge in [0, 0.05) is 24.5 Å². The van der Waals surface area contributed by atoms with Crippen molar-refractivity contribution in [3.05, 3.63) is 41.5 Å². The van der Waals surface area contributed by atoms with Gasteiger partial charge in [-0.05, 0) is 26.8 Å². The molecule has 0 unspecified atom stereocenters. The van der Waals surface area contributed by atoms with Crippen LogP contribution in [0.3, 0.4) is 0 Å². The predicted molar refractivity (Wildman–Crippen MR) is 71.4 cm³/mol. The van der Waals surface area contributed by atoms with Gasteiger partial charge in [-0.1, -0.05) is 0 Å². The van der Waals surface area contributed by atoms with Gasteiger partial charge < -0.3 is 4.74 Å². The summed E-state index contributed by atoms with van der Waals surface area (Å²) in [6.07, 6.45) is 4.77. The van der Waals surface area contributed by atoms with E-state index in [4.69, 9.17) is 4.74 Å². The second-order valence-corrected chi connectivity index (χ2v) is 4.67. The summed E-state index contributed by atoms with van der Waals surface area (Å²) in [4.78, 5) is 16.4. The Bertz CT molecular complexity index is 602. The molecule has 0 atom stereocenters. The average molecular weight is 259 g/mol. The molecule has 2 aromatic heterocycles. The number of aromatic nitrogens is 3. The summed E-state index contributed by atoms with van der Waals surface area (Å²) in [5, 5.41) is 4.08. The lowest BCUT2D eigenvalue weighted by atomic mass is 10.1. The zero-order chi connectivity index (χ0) is 14.0. The van der Waals surface area contributed by atoms with Crippen LogP contribution in [0.5, 0.6) is 5.75 Å². The lowest BCUT2D eigenvalue weighted by molar-refractivity contribution is 0.103. The Balaban J connectivity index is 2.31. The zero-order valence-electron chi connectivity index (χ0n) is 11.5. The van der Waals surface area contributed by atoms with Gasteiger partial charge in [0.1, 0.15) is 5.75 Å². The Morgan fingerprint density at radius 1 is 1.32 bits per heavy atom. The van der Waals surface area contributed by atoms with Crippen LogP contribution in [0.1, 0.15) is 35.5 Å². The van der Waals surface area contributed by atoms with Crippen LogP contribution in [0.15, 0.2) is 24.7 Å². The van der Waals surface area contributed by atoms with Crippen LogP contribution >= 0.6 is 0 Å². The molecule has 2 rings (SSSR count). The summed E-state index contributed by atoms with van der Waals surface area (Å²) in [5.41, 5.74) is 1.93. The van der Waals surface area contributed by atoms with Crippen LogP contribution in [-0.2, 0) is 7.05 Å². The monoisotopic (exact) mass is 259 g/mol. The Morgan fingerprint density at radius 2 is 2.05 bits per heavy atom. The minimum Gasteiger partial charge on any atom is -0.489 e. The van der Waals surface area contributed by atoms with E-state index in [1.807, 2.05) is 27.8 Å². The largest absolute Gasteiger partial charge is 0.489 e. The van der Waals surface area contributed by atoms with E-state index >= 15 is 0 Å². The topological polar surface area (TPSA) is 57.0 Å². The fraction of sp³-hybridized carbons (Fsp3) is 0.357. The fourth-order valence-corrected chi connectivity index (χ4v) is 1.76. The number of hydrogen-bond acceptors (Lipinski definition) is 4. The second-order valence-electron chi connectivity index (χ2n) is 4.67. The quantitative estimate of drug-likeness (QED) is 0.789. The van der Waals surface area contributed by atoms with E-state index in [2.05, 4.69) is 10.1 Å². The van der Waals surface area contributed by atoms with Gasteiger partial charge in [-0.3, -0.25) is 14.5 Å². The molecule has 0 saturated carbocycles. The molecule has 0 N–H and O–H groups in total. The molecule has 0 spiro atoms. The van der Waals surface area contributed by atoms with Crippen molar-refractivity contribution in [3.63, 3.8) is 0 Å². The van der Waals surface area contributed by atoms with Gasteiger partial charge in [-0.15, -0.1) is 0 Å². The van der Waals surface area contributed by atoms with Crippen LogP contribution in [-0.4, -0.2) is 26.7 Å². The molecule has 2 heterocycles. The third-order valence-electron chi connectivity index (χ3n) is 2.83. The molecular weight excluding hydrogens is 242 g/mol. The van der Waals surface area contributed by atoms with Crippen molar-refractivity contribution >= 4 is 5.78 Å². The normalized spacial score (nSPS) is 10.8. The first-order valence-corrected chi connectivity index (χ1v) is 6.14. The van der Waals surface area contributed by atoms with E-state index in [1.54, 1.807) is 29.3 Å². The number of nitrogens with zero attached hydrogens (tertiary/aromatic N) is 3. The number of ether oxygens (including phenoxy) is 1. The summed E-state index contributed by atoms with van der Waals surface area (Å²) < 4.78 is 7.22. The summed E-state index contributed by atoms with van der Waals surface area (Å²) in [7, 11) is 1.81. The lowest BCUT2D eigenvalue weighted by Crippen LogP contribution is -2.08. The molecule has 100 valence electrons. The maximum absolute atomic E-state index is 12.4. The molecule has 19 heavy (non-hydrogen) atoms. The number of carbonyl (C=O) groups is 1. The van der Waals surface area contributed by atoms with E-state index in [1.165, 1.54) is 0 Å². The summed E-state index contributed by atoms with van der Waals surface area (Å²) >= 11 is 0. The maximum atomic E-state index is 12.4. The lowest BCUT2D eigenvalue weighted by Gasteiger charge is -2.09. The number of ketones is 1. The molecule has 0 aliphatic heterocycles. The highest BCUT2D eigenvalue weighted by Crippen LogP contribution is 2.17. The molecule has 0 bridgehead atoms. The highest BCUT2D eigenvalue weighted by Gasteiger charge is 2.16. The van der Waals surface area contributed by atoms with Gasteiger partial charge >= 0.3 is 0 Å². The summed E-state index contributed by atoms with van der Waals surface area (Å²) in [6.45, 7) is 5.72. The van der Waals surface area contributed by atoms with Gasteiger partial charge in [0.05, 0.1) is 24.1 Å². The van der Waals surface area contributed by atoms with Gasteiger partial charge in [-0.25, -0.2) is 0 Å². The van der Waals surface area contributed by atoms with Gasteiger partial charge in [-0.2, -0.15) is 5.10 Å². The van der Waals surface area contributed by atoms with E-state index in [9.17, 15) is 4.79 Å². The molecule has 0 saturated heterocycles. The smallest absolute Gasteiger partial charge is 0.198 e. The molecule has 5 nitrogen and oxygen atoms in total. The summed E-state index contributed by atoms with van der Waals surface area (Å²) in [6, 6.07) is 1.71. The minimum absolute atomic E-state index is 0.0484. The van der Waals surface area contributed by atoms with Crippen molar-refractivity contribution < 1.29 is 9.53 Å². The fourth-order valence-electron chi connectivity index (χ4n) is 1.76. The van der Waals surface area contributed by atoms with Crippen LogP contribution < -0.4 is 4.74 Å². The van der Waals surface area contributed by atoms with E-state index in [0.29, 0.717) is 16.9 Å².